The monoisotopic (exact) mass is 294 g/mol. The molecular formula is C20H38O. The van der Waals surface area contributed by atoms with E-state index in [0.717, 1.165) is 24.7 Å². The van der Waals surface area contributed by atoms with Crippen LogP contribution in [0.25, 0.3) is 0 Å². The summed E-state index contributed by atoms with van der Waals surface area (Å²) in [6, 6.07) is 0. The summed E-state index contributed by atoms with van der Waals surface area (Å²) >= 11 is 0. The highest BCUT2D eigenvalue weighted by atomic mass is 16.2. The lowest BCUT2D eigenvalue weighted by molar-refractivity contribution is 0.288. The van der Waals surface area contributed by atoms with Crippen LogP contribution in [0, 0.1) is 11.8 Å². The highest BCUT2D eigenvalue weighted by molar-refractivity contribution is 5.25. The van der Waals surface area contributed by atoms with Crippen LogP contribution in [-0.4, -0.2) is 11.7 Å². The quantitative estimate of drug-likeness (QED) is 0.558. The molecule has 1 nitrogen and oxygen atoms in total. The molecule has 0 aliphatic heterocycles. The summed E-state index contributed by atoms with van der Waals surface area (Å²) in [5.74, 6) is 1.61. The highest BCUT2D eigenvalue weighted by Crippen LogP contribution is 2.29. The molecule has 0 saturated carbocycles. The van der Waals surface area contributed by atoms with Gasteiger partial charge in [-0.25, -0.2) is 0 Å². The van der Waals surface area contributed by atoms with Crippen LogP contribution >= 0.6 is 0 Å². The predicted molar refractivity (Wildman–Crippen MR) is 95.5 cm³/mol. The van der Waals surface area contributed by atoms with Crippen molar-refractivity contribution in [1.82, 2.24) is 0 Å². The van der Waals surface area contributed by atoms with Crippen molar-refractivity contribution in [3.63, 3.8) is 0 Å². The van der Waals surface area contributed by atoms with Crippen molar-refractivity contribution in [3.8, 4) is 0 Å². The molecule has 0 aromatic rings. The number of aliphatic hydroxyl groups is 1. The molecule has 0 saturated heterocycles. The molecule has 0 fully saturated rings. The van der Waals surface area contributed by atoms with Crippen molar-refractivity contribution in [1.29, 1.82) is 0 Å². The lowest BCUT2D eigenvalue weighted by atomic mass is 9.85. The summed E-state index contributed by atoms with van der Waals surface area (Å²) in [7, 11) is 0. The molecule has 0 aromatic heterocycles. The van der Waals surface area contributed by atoms with Gasteiger partial charge in [0.1, 0.15) is 0 Å². The number of aliphatic hydroxyl groups excluding tert-OH is 1. The zero-order valence-corrected chi connectivity index (χ0v) is 15.1. The second kappa shape index (κ2) is 13.1. The van der Waals surface area contributed by atoms with Gasteiger partial charge in [0.25, 0.3) is 0 Å². The molecule has 1 N–H and O–H groups in total. The SMILES string of the molecule is CCC.CCC(C)CCC(C)C1=CC=C(CCCO)CC1. The molecule has 0 bridgehead atoms. The van der Waals surface area contributed by atoms with Crippen LogP contribution in [0.4, 0.5) is 0 Å². The van der Waals surface area contributed by atoms with Gasteiger partial charge in [0.2, 0.25) is 0 Å². The van der Waals surface area contributed by atoms with E-state index in [1.165, 1.54) is 44.1 Å². The van der Waals surface area contributed by atoms with Gasteiger partial charge < -0.3 is 5.11 Å². The van der Waals surface area contributed by atoms with Crippen LogP contribution in [0.1, 0.15) is 86.0 Å². The smallest absolute Gasteiger partial charge is 0.0434 e. The van der Waals surface area contributed by atoms with Crippen LogP contribution in [0.3, 0.4) is 0 Å². The summed E-state index contributed by atoms with van der Waals surface area (Å²) < 4.78 is 0. The van der Waals surface area contributed by atoms with Crippen LogP contribution in [0.15, 0.2) is 23.3 Å². The Labute approximate surface area is 133 Å². The van der Waals surface area contributed by atoms with Crippen LogP contribution in [0.2, 0.25) is 0 Å². The molecular weight excluding hydrogens is 256 g/mol. The third kappa shape index (κ3) is 9.90. The van der Waals surface area contributed by atoms with E-state index in [9.17, 15) is 0 Å². The third-order valence-corrected chi connectivity index (χ3v) is 4.35. The Morgan fingerprint density at radius 2 is 1.71 bits per heavy atom. The molecule has 124 valence electrons. The number of rotatable bonds is 8. The standard InChI is InChI=1S/C17H30O.C3H8/c1-4-14(2)7-8-15(3)17-11-9-16(10-12-17)6-5-13-18;1-3-2/h9,11,14-15,18H,4-8,10,12-13H2,1-3H3;3H2,1-2H3. The minimum absolute atomic E-state index is 0.319. The highest BCUT2D eigenvalue weighted by Gasteiger charge is 2.13. The number of hydrogen-bond acceptors (Lipinski definition) is 1. The molecule has 2 atom stereocenters. The minimum atomic E-state index is 0.319. The van der Waals surface area contributed by atoms with E-state index < -0.39 is 0 Å². The Balaban J connectivity index is 0.00000122. The summed E-state index contributed by atoms with van der Waals surface area (Å²) in [6.45, 7) is 11.6. The Morgan fingerprint density at radius 1 is 1.05 bits per heavy atom. The summed E-state index contributed by atoms with van der Waals surface area (Å²) in [5.41, 5.74) is 3.15. The predicted octanol–water partition coefficient (Wildman–Crippen LogP) is 6.28. The largest absolute Gasteiger partial charge is 0.396 e. The summed E-state index contributed by atoms with van der Waals surface area (Å²) in [5, 5.41) is 8.84. The van der Waals surface area contributed by atoms with E-state index >= 15 is 0 Å². The molecule has 0 amide bonds. The first-order chi connectivity index (χ1) is 10.1. The first-order valence-electron chi connectivity index (χ1n) is 9.08. The van der Waals surface area contributed by atoms with Crippen LogP contribution in [0.5, 0.6) is 0 Å². The Kier molecular flexibility index (Phi) is 12.8. The second-order valence-electron chi connectivity index (χ2n) is 6.59. The van der Waals surface area contributed by atoms with Gasteiger partial charge in [0.15, 0.2) is 0 Å². The zero-order valence-electron chi connectivity index (χ0n) is 15.1. The summed E-state index contributed by atoms with van der Waals surface area (Å²) in [6.07, 6.45) is 14.3. The first-order valence-corrected chi connectivity index (χ1v) is 9.08. The Morgan fingerprint density at radius 3 is 2.19 bits per heavy atom. The van der Waals surface area contributed by atoms with Gasteiger partial charge >= 0.3 is 0 Å². The fourth-order valence-corrected chi connectivity index (χ4v) is 2.55. The van der Waals surface area contributed by atoms with Gasteiger partial charge in [0, 0.05) is 6.61 Å². The van der Waals surface area contributed by atoms with Gasteiger partial charge in [-0.1, -0.05) is 77.2 Å². The van der Waals surface area contributed by atoms with Crippen LogP contribution < -0.4 is 0 Å². The Hall–Kier alpha value is -0.560. The fourth-order valence-electron chi connectivity index (χ4n) is 2.55. The van der Waals surface area contributed by atoms with Crippen molar-refractivity contribution >= 4 is 0 Å². The molecule has 1 aliphatic carbocycles. The normalized spacial score (nSPS) is 17.2. The van der Waals surface area contributed by atoms with E-state index in [2.05, 4.69) is 46.8 Å². The Bertz CT molecular complexity index is 301. The molecule has 1 rings (SSSR count). The van der Waals surface area contributed by atoms with E-state index in [1.807, 2.05) is 0 Å². The molecule has 1 aliphatic rings. The lowest BCUT2D eigenvalue weighted by Gasteiger charge is -2.21. The molecule has 0 spiro atoms. The third-order valence-electron chi connectivity index (χ3n) is 4.35. The van der Waals surface area contributed by atoms with Gasteiger partial charge in [-0.15, -0.1) is 0 Å². The molecule has 0 aromatic carbocycles. The van der Waals surface area contributed by atoms with E-state index in [1.54, 1.807) is 5.57 Å². The molecule has 1 heteroatoms. The maximum Gasteiger partial charge on any atom is 0.0434 e. The molecule has 0 heterocycles. The van der Waals surface area contributed by atoms with Gasteiger partial charge in [-0.05, 0) is 43.9 Å². The topological polar surface area (TPSA) is 20.2 Å². The summed E-state index contributed by atoms with van der Waals surface area (Å²) in [4.78, 5) is 0. The average Bonchev–Trinajstić information content (AvgIpc) is 2.51. The minimum Gasteiger partial charge on any atom is -0.396 e. The van der Waals surface area contributed by atoms with Gasteiger partial charge in [0.05, 0.1) is 0 Å². The van der Waals surface area contributed by atoms with E-state index in [0.29, 0.717) is 6.61 Å². The van der Waals surface area contributed by atoms with E-state index in [-0.39, 0.29) is 0 Å². The van der Waals surface area contributed by atoms with Crippen molar-refractivity contribution in [3.05, 3.63) is 23.3 Å². The maximum absolute atomic E-state index is 8.84. The second-order valence-corrected chi connectivity index (χ2v) is 6.59. The maximum atomic E-state index is 8.84. The average molecular weight is 295 g/mol. The van der Waals surface area contributed by atoms with Crippen molar-refractivity contribution in [2.24, 2.45) is 11.8 Å². The van der Waals surface area contributed by atoms with E-state index in [4.69, 9.17) is 5.11 Å². The molecule has 0 radical (unpaired) electrons. The first kappa shape index (κ1) is 20.4. The van der Waals surface area contributed by atoms with Crippen LogP contribution in [-0.2, 0) is 0 Å². The van der Waals surface area contributed by atoms with Gasteiger partial charge in [-0.2, -0.15) is 0 Å². The zero-order chi connectivity index (χ0) is 16.1. The van der Waals surface area contributed by atoms with Crippen molar-refractivity contribution in [2.45, 2.75) is 86.0 Å². The number of allylic oxidation sites excluding steroid dienone is 4. The lowest BCUT2D eigenvalue weighted by Crippen LogP contribution is -2.06. The number of hydrogen-bond donors (Lipinski definition) is 1. The fraction of sp³-hybridized carbons (Fsp3) is 0.800. The van der Waals surface area contributed by atoms with Crippen molar-refractivity contribution in [2.75, 3.05) is 6.61 Å². The van der Waals surface area contributed by atoms with Gasteiger partial charge in [-0.3, -0.25) is 0 Å². The molecule has 21 heavy (non-hydrogen) atoms. The van der Waals surface area contributed by atoms with Crippen molar-refractivity contribution < 1.29 is 5.11 Å². The molecule has 2 unspecified atom stereocenters.